The molecular weight excluding hydrogens is 328 g/mol. The van der Waals surface area contributed by atoms with Gasteiger partial charge in [0.05, 0.1) is 10.9 Å². The topological polar surface area (TPSA) is 95.4 Å². The molecule has 0 aliphatic rings. The van der Waals surface area contributed by atoms with Gasteiger partial charge in [-0.1, -0.05) is 6.92 Å². The molecule has 2 N–H and O–H groups in total. The van der Waals surface area contributed by atoms with E-state index in [1.54, 1.807) is 12.1 Å². The third-order valence-corrected chi connectivity index (χ3v) is 4.55. The predicted molar refractivity (Wildman–Crippen MR) is 92.4 cm³/mol. The Balaban J connectivity index is 2.13. The van der Waals surface area contributed by atoms with Gasteiger partial charge in [0, 0.05) is 17.1 Å². The summed E-state index contributed by atoms with van der Waals surface area (Å²) in [6.07, 6.45) is 2.05. The van der Waals surface area contributed by atoms with Crippen molar-refractivity contribution in [3.05, 3.63) is 45.3 Å². The molecule has 3 aromatic rings. The molecule has 0 bridgehead atoms. The molecule has 6 nitrogen and oxygen atoms in total. The highest BCUT2D eigenvalue weighted by Gasteiger charge is 2.15. The molecule has 0 spiro atoms. The SMILES string of the molecule is CCc1cc2c(=O)c(-c3nc(C)cs3)coc2cc1OCC(N)=O. The van der Waals surface area contributed by atoms with E-state index < -0.39 is 5.91 Å². The quantitative estimate of drug-likeness (QED) is 0.767. The van der Waals surface area contributed by atoms with Crippen LogP contribution in [0.25, 0.3) is 21.5 Å². The smallest absolute Gasteiger partial charge is 0.255 e. The number of aromatic nitrogens is 1. The minimum Gasteiger partial charge on any atom is -0.483 e. The molecular formula is C17H16N2O4S. The van der Waals surface area contributed by atoms with Gasteiger partial charge in [-0.15, -0.1) is 11.3 Å². The lowest BCUT2D eigenvalue weighted by atomic mass is 10.1. The number of fused-ring (bicyclic) bond motifs is 1. The van der Waals surface area contributed by atoms with Crippen molar-refractivity contribution in [3.63, 3.8) is 0 Å². The monoisotopic (exact) mass is 344 g/mol. The number of nitrogens with zero attached hydrogens (tertiary/aromatic N) is 1. The molecule has 0 atom stereocenters. The Kier molecular flexibility index (Phi) is 4.35. The summed E-state index contributed by atoms with van der Waals surface area (Å²) in [5.41, 5.74) is 7.48. The molecule has 7 heteroatoms. The Bertz CT molecular complexity index is 974. The fourth-order valence-corrected chi connectivity index (χ4v) is 3.19. The van der Waals surface area contributed by atoms with E-state index in [2.05, 4.69) is 4.98 Å². The molecule has 24 heavy (non-hydrogen) atoms. The van der Waals surface area contributed by atoms with Crippen molar-refractivity contribution >= 4 is 28.2 Å². The van der Waals surface area contributed by atoms with Gasteiger partial charge in [0.25, 0.3) is 5.91 Å². The van der Waals surface area contributed by atoms with Crippen molar-refractivity contribution in [1.29, 1.82) is 0 Å². The number of ether oxygens (including phenoxy) is 1. The zero-order chi connectivity index (χ0) is 17.3. The summed E-state index contributed by atoms with van der Waals surface area (Å²) in [5, 5.41) is 2.98. The van der Waals surface area contributed by atoms with Crippen LogP contribution in [0, 0.1) is 6.92 Å². The standard InChI is InChI=1S/C17H16N2O4S/c1-3-10-4-11-14(5-13(10)23-7-15(18)20)22-6-12(16(11)21)17-19-9(2)8-24-17/h4-6,8H,3,7H2,1-2H3,(H2,18,20). The Labute approximate surface area is 141 Å². The zero-order valence-electron chi connectivity index (χ0n) is 13.3. The zero-order valence-corrected chi connectivity index (χ0v) is 14.1. The summed E-state index contributed by atoms with van der Waals surface area (Å²) in [6.45, 7) is 3.59. The van der Waals surface area contributed by atoms with Gasteiger partial charge >= 0.3 is 0 Å². The predicted octanol–water partition coefficient (Wildman–Crippen LogP) is 2.65. The summed E-state index contributed by atoms with van der Waals surface area (Å²) in [7, 11) is 0. The Morgan fingerprint density at radius 2 is 2.21 bits per heavy atom. The van der Waals surface area contributed by atoms with Crippen molar-refractivity contribution in [2.75, 3.05) is 6.61 Å². The van der Waals surface area contributed by atoms with Gasteiger partial charge in [-0.3, -0.25) is 9.59 Å². The number of benzene rings is 1. The molecule has 2 heterocycles. The van der Waals surface area contributed by atoms with Crippen molar-refractivity contribution in [1.82, 2.24) is 4.98 Å². The van der Waals surface area contributed by atoms with Gasteiger partial charge in [0.1, 0.15) is 22.6 Å². The average molecular weight is 344 g/mol. The van der Waals surface area contributed by atoms with E-state index in [9.17, 15) is 9.59 Å². The molecule has 2 aromatic heterocycles. The molecule has 1 aromatic carbocycles. The molecule has 0 fully saturated rings. The molecule has 3 rings (SSSR count). The first kappa shape index (κ1) is 16.2. The van der Waals surface area contributed by atoms with Crippen LogP contribution in [0.2, 0.25) is 0 Å². The molecule has 0 saturated heterocycles. The summed E-state index contributed by atoms with van der Waals surface area (Å²) < 4.78 is 11.0. The fourth-order valence-electron chi connectivity index (χ4n) is 2.39. The van der Waals surface area contributed by atoms with Crippen molar-refractivity contribution in [2.45, 2.75) is 20.3 Å². The Morgan fingerprint density at radius 3 is 2.83 bits per heavy atom. The number of amides is 1. The maximum Gasteiger partial charge on any atom is 0.255 e. The molecule has 0 radical (unpaired) electrons. The van der Waals surface area contributed by atoms with Crippen LogP contribution in [0.5, 0.6) is 5.75 Å². The van der Waals surface area contributed by atoms with Crippen molar-refractivity contribution in [2.24, 2.45) is 5.73 Å². The van der Waals surface area contributed by atoms with E-state index in [4.69, 9.17) is 14.9 Å². The second-order valence-corrected chi connectivity index (χ2v) is 6.20. The molecule has 0 unspecified atom stereocenters. The molecule has 1 amide bonds. The third-order valence-electron chi connectivity index (χ3n) is 3.56. The summed E-state index contributed by atoms with van der Waals surface area (Å²) in [5.74, 6) is -0.0714. The van der Waals surface area contributed by atoms with E-state index in [1.165, 1.54) is 17.6 Å². The van der Waals surface area contributed by atoms with E-state index in [-0.39, 0.29) is 12.0 Å². The lowest BCUT2D eigenvalue weighted by Crippen LogP contribution is -2.20. The number of rotatable bonds is 5. The highest BCUT2D eigenvalue weighted by molar-refractivity contribution is 7.13. The van der Waals surface area contributed by atoms with Gasteiger partial charge in [-0.05, 0) is 25.0 Å². The Morgan fingerprint density at radius 1 is 1.42 bits per heavy atom. The average Bonchev–Trinajstić information content (AvgIpc) is 2.98. The van der Waals surface area contributed by atoms with Crippen LogP contribution in [0.4, 0.5) is 0 Å². The minimum atomic E-state index is -0.562. The third kappa shape index (κ3) is 3.03. The van der Waals surface area contributed by atoms with Crippen molar-refractivity contribution < 1.29 is 13.9 Å². The molecule has 0 aliphatic heterocycles. The van der Waals surface area contributed by atoms with Gasteiger partial charge in [0.15, 0.2) is 6.61 Å². The first-order valence-electron chi connectivity index (χ1n) is 7.41. The lowest BCUT2D eigenvalue weighted by molar-refractivity contribution is -0.119. The van der Waals surface area contributed by atoms with Crippen LogP contribution in [-0.2, 0) is 11.2 Å². The maximum atomic E-state index is 12.8. The van der Waals surface area contributed by atoms with Gasteiger partial charge in [-0.2, -0.15) is 0 Å². The molecule has 124 valence electrons. The summed E-state index contributed by atoms with van der Waals surface area (Å²) in [6, 6.07) is 3.36. The number of primary amides is 1. The lowest BCUT2D eigenvalue weighted by Gasteiger charge is -2.10. The Hall–Kier alpha value is -2.67. The van der Waals surface area contributed by atoms with Crippen LogP contribution in [0.3, 0.4) is 0 Å². The minimum absolute atomic E-state index is 0.137. The first-order chi connectivity index (χ1) is 11.5. The second kappa shape index (κ2) is 6.45. The normalized spacial score (nSPS) is 10.9. The van der Waals surface area contributed by atoms with E-state index in [1.807, 2.05) is 19.2 Å². The number of aryl methyl sites for hydroxylation is 2. The second-order valence-electron chi connectivity index (χ2n) is 5.34. The van der Waals surface area contributed by atoms with Crippen molar-refractivity contribution in [3.8, 4) is 16.3 Å². The van der Waals surface area contributed by atoms with Crippen LogP contribution in [-0.4, -0.2) is 17.5 Å². The first-order valence-corrected chi connectivity index (χ1v) is 8.29. The van der Waals surface area contributed by atoms with Crippen LogP contribution in [0.15, 0.2) is 33.0 Å². The van der Waals surface area contributed by atoms with E-state index >= 15 is 0 Å². The highest BCUT2D eigenvalue weighted by Crippen LogP contribution is 2.28. The highest BCUT2D eigenvalue weighted by atomic mass is 32.1. The summed E-state index contributed by atoms with van der Waals surface area (Å²) in [4.78, 5) is 28.0. The maximum absolute atomic E-state index is 12.8. The van der Waals surface area contributed by atoms with Gasteiger partial charge in [0.2, 0.25) is 5.43 Å². The van der Waals surface area contributed by atoms with Gasteiger partial charge < -0.3 is 14.9 Å². The number of hydrogen-bond donors (Lipinski definition) is 1. The summed E-state index contributed by atoms with van der Waals surface area (Å²) >= 11 is 1.40. The van der Waals surface area contributed by atoms with Crippen LogP contribution < -0.4 is 15.9 Å². The fraction of sp³-hybridized carbons (Fsp3) is 0.235. The largest absolute Gasteiger partial charge is 0.483 e. The number of hydrogen-bond acceptors (Lipinski definition) is 6. The number of thiazole rings is 1. The molecule has 0 aliphatic carbocycles. The number of carbonyl (C=O) groups is 1. The van der Waals surface area contributed by atoms with Crippen LogP contribution in [0.1, 0.15) is 18.2 Å². The molecule has 0 saturated carbocycles. The van der Waals surface area contributed by atoms with Crippen LogP contribution >= 0.6 is 11.3 Å². The van der Waals surface area contributed by atoms with E-state index in [0.29, 0.717) is 33.7 Å². The van der Waals surface area contributed by atoms with Gasteiger partial charge in [-0.25, -0.2) is 4.98 Å². The number of nitrogens with two attached hydrogens (primary N) is 1. The van der Waals surface area contributed by atoms with E-state index in [0.717, 1.165) is 11.3 Å². The number of carbonyl (C=O) groups excluding carboxylic acids is 1.